The lowest BCUT2D eigenvalue weighted by Gasteiger charge is -2.10. The summed E-state index contributed by atoms with van der Waals surface area (Å²) >= 11 is 0. The first-order valence-electron chi connectivity index (χ1n) is 8.43. The van der Waals surface area contributed by atoms with E-state index < -0.39 is 0 Å². The summed E-state index contributed by atoms with van der Waals surface area (Å²) in [4.78, 5) is 21.2. The average molecular weight is 356 g/mol. The highest BCUT2D eigenvalue weighted by Crippen LogP contribution is 2.28. The Morgan fingerprint density at radius 1 is 1.00 bits per heavy atom. The van der Waals surface area contributed by atoms with Crippen LogP contribution in [0.25, 0.3) is 22.8 Å². The number of aromatic nitrogens is 3. The molecule has 0 saturated heterocycles. The molecule has 0 aliphatic heterocycles. The Labute approximate surface area is 155 Å². The average Bonchev–Trinajstić information content (AvgIpc) is 3.19. The van der Waals surface area contributed by atoms with Crippen LogP contribution in [0.4, 0.5) is 5.69 Å². The molecule has 27 heavy (non-hydrogen) atoms. The molecule has 0 unspecified atom stereocenters. The Balaban J connectivity index is 1.65. The largest absolute Gasteiger partial charge is 0.334 e. The van der Waals surface area contributed by atoms with Crippen LogP contribution < -0.4 is 5.32 Å². The third-order valence-electron chi connectivity index (χ3n) is 4.14. The molecule has 1 amide bonds. The molecule has 0 saturated carbocycles. The van der Waals surface area contributed by atoms with Crippen molar-refractivity contribution in [2.24, 2.45) is 0 Å². The number of aryl methyl sites for hydroxylation is 1. The second-order valence-corrected chi connectivity index (χ2v) is 5.98. The molecule has 132 valence electrons. The van der Waals surface area contributed by atoms with Gasteiger partial charge in [0.2, 0.25) is 5.82 Å². The van der Waals surface area contributed by atoms with Gasteiger partial charge in [0.25, 0.3) is 11.8 Å². The minimum Gasteiger partial charge on any atom is -0.334 e. The highest BCUT2D eigenvalue weighted by Gasteiger charge is 2.16. The van der Waals surface area contributed by atoms with Gasteiger partial charge in [-0.3, -0.25) is 9.78 Å². The van der Waals surface area contributed by atoms with Crippen LogP contribution >= 0.6 is 0 Å². The van der Waals surface area contributed by atoms with Crippen LogP contribution in [0.2, 0.25) is 0 Å². The zero-order valence-electron chi connectivity index (χ0n) is 14.6. The van der Waals surface area contributed by atoms with E-state index in [1.54, 1.807) is 24.5 Å². The fourth-order valence-corrected chi connectivity index (χ4v) is 2.74. The van der Waals surface area contributed by atoms with Gasteiger partial charge in [-0.05, 0) is 42.8 Å². The van der Waals surface area contributed by atoms with Crippen molar-refractivity contribution in [2.45, 2.75) is 6.92 Å². The highest BCUT2D eigenvalue weighted by atomic mass is 16.5. The molecule has 1 N–H and O–H groups in total. The molecular weight excluding hydrogens is 340 g/mol. The zero-order valence-corrected chi connectivity index (χ0v) is 14.6. The Hall–Kier alpha value is -3.80. The number of para-hydroxylation sites is 1. The monoisotopic (exact) mass is 356 g/mol. The Morgan fingerprint density at radius 2 is 1.81 bits per heavy atom. The smallest absolute Gasteiger partial charge is 0.260 e. The first kappa shape index (κ1) is 16.7. The summed E-state index contributed by atoms with van der Waals surface area (Å²) in [5, 5.41) is 6.95. The number of benzene rings is 2. The van der Waals surface area contributed by atoms with Crippen molar-refractivity contribution in [2.75, 3.05) is 5.32 Å². The number of pyridine rings is 1. The maximum absolute atomic E-state index is 12.7. The summed E-state index contributed by atoms with van der Waals surface area (Å²) in [7, 11) is 0. The van der Waals surface area contributed by atoms with Crippen molar-refractivity contribution in [1.82, 2.24) is 15.1 Å². The summed E-state index contributed by atoms with van der Waals surface area (Å²) in [6.45, 7) is 1.90. The van der Waals surface area contributed by atoms with Crippen molar-refractivity contribution in [1.29, 1.82) is 0 Å². The SMILES string of the molecule is Cc1ccccc1C(=O)Nc1ccccc1-c1nc(-c2cccnc2)no1. The van der Waals surface area contributed by atoms with E-state index in [0.29, 0.717) is 28.5 Å². The van der Waals surface area contributed by atoms with Crippen molar-refractivity contribution in [3.63, 3.8) is 0 Å². The van der Waals surface area contributed by atoms with Gasteiger partial charge in [0.1, 0.15) is 0 Å². The van der Waals surface area contributed by atoms with E-state index in [2.05, 4.69) is 20.4 Å². The van der Waals surface area contributed by atoms with Crippen LogP contribution in [0.15, 0.2) is 77.6 Å². The standard InChI is InChI=1S/C21H16N4O2/c1-14-7-2-3-9-16(14)20(26)23-18-11-5-4-10-17(18)21-24-19(25-27-21)15-8-6-12-22-13-15/h2-13H,1H3,(H,23,26). The van der Waals surface area contributed by atoms with E-state index in [-0.39, 0.29) is 5.91 Å². The van der Waals surface area contributed by atoms with Gasteiger partial charge in [0, 0.05) is 23.5 Å². The maximum Gasteiger partial charge on any atom is 0.260 e. The normalized spacial score (nSPS) is 10.6. The Bertz CT molecular complexity index is 1090. The lowest BCUT2D eigenvalue weighted by atomic mass is 10.1. The van der Waals surface area contributed by atoms with Crippen molar-refractivity contribution in [3.05, 3.63) is 84.2 Å². The number of nitrogens with zero attached hydrogens (tertiary/aromatic N) is 3. The van der Waals surface area contributed by atoms with Gasteiger partial charge in [-0.15, -0.1) is 0 Å². The zero-order chi connectivity index (χ0) is 18.6. The van der Waals surface area contributed by atoms with Gasteiger partial charge >= 0.3 is 0 Å². The topological polar surface area (TPSA) is 80.9 Å². The summed E-state index contributed by atoms with van der Waals surface area (Å²) in [6.07, 6.45) is 3.35. The molecule has 6 heteroatoms. The van der Waals surface area contributed by atoms with Gasteiger partial charge in [-0.2, -0.15) is 4.98 Å². The number of carbonyl (C=O) groups excluding carboxylic acids is 1. The fraction of sp³-hybridized carbons (Fsp3) is 0.0476. The number of rotatable bonds is 4. The number of hydrogen-bond donors (Lipinski definition) is 1. The van der Waals surface area contributed by atoms with E-state index in [0.717, 1.165) is 11.1 Å². The Kier molecular flexibility index (Phi) is 4.45. The van der Waals surface area contributed by atoms with Gasteiger partial charge in [0.05, 0.1) is 11.3 Å². The van der Waals surface area contributed by atoms with Gasteiger partial charge < -0.3 is 9.84 Å². The molecule has 0 atom stereocenters. The van der Waals surface area contributed by atoms with Crippen LogP contribution in [0, 0.1) is 6.92 Å². The minimum absolute atomic E-state index is 0.187. The van der Waals surface area contributed by atoms with E-state index >= 15 is 0 Å². The van der Waals surface area contributed by atoms with Crippen molar-refractivity contribution >= 4 is 11.6 Å². The van der Waals surface area contributed by atoms with Crippen LogP contribution in [-0.2, 0) is 0 Å². The minimum atomic E-state index is -0.187. The predicted octanol–water partition coefficient (Wildman–Crippen LogP) is 4.36. The summed E-state index contributed by atoms with van der Waals surface area (Å²) in [5.74, 6) is 0.584. The molecule has 0 spiro atoms. The lowest BCUT2D eigenvalue weighted by Crippen LogP contribution is -2.13. The molecule has 0 aliphatic rings. The fourth-order valence-electron chi connectivity index (χ4n) is 2.74. The number of hydrogen-bond acceptors (Lipinski definition) is 5. The van der Waals surface area contributed by atoms with Gasteiger partial charge in [-0.1, -0.05) is 35.5 Å². The van der Waals surface area contributed by atoms with Crippen LogP contribution in [-0.4, -0.2) is 21.0 Å². The molecule has 0 fully saturated rings. The summed E-state index contributed by atoms with van der Waals surface area (Å²) in [6, 6.07) is 18.4. The number of anilines is 1. The third kappa shape index (κ3) is 3.46. The predicted molar refractivity (Wildman–Crippen MR) is 102 cm³/mol. The first-order valence-corrected chi connectivity index (χ1v) is 8.43. The number of amides is 1. The second-order valence-electron chi connectivity index (χ2n) is 5.98. The van der Waals surface area contributed by atoms with Crippen LogP contribution in [0.3, 0.4) is 0 Å². The molecule has 6 nitrogen and oxygen atoms in total. The Morgan fingerprint density at radius 3 is 2.63 bits per heavy atom. The van der Waals surface area contributed by atoms with E-state index in [9.17, 15) is 4.79 Å². The molecule has 2 aromatic heterocycles. The highest BCUT2D eigenvalue weighted by molar-refractivity contribution is 6.06. The van der Waals surface area contributed by atoms with Gasteiger partial charge in [0.15, 0.2) is 0 Å². The third-order valence-corrected chi connectivity index (χ3v) is 4.14. The lowest BCUT2D eigenvalue weighted by molar-refractivity contribution is 0.102. The molecule has 2 aromatic carbocycles. The van der Waals surface area contributed by atoms with E-state index in [1.165, 1.54) is 0 Å². The van der Waals surface area contributed by atoms with Gasteiger partial charge in [-0.25, -0.2) is 0 Å². The molecule has 0 aliphatic carbocycles. The molecule has 4 rings (SSSR count). The molecule has 4 aromatic rings. The van der Waals surface area contributed by atoms with E-state index in [1.807, 2.05) is 55.5 Å². The molecule has 2 heterocycles. The quantitative estimate of drug-likeness (QED) is 0.587. The van der Waals surface area contributed by atoms with Crippen LogP contribution in [0.5, 0.6) is 0 Å². The molecule has 0 bridgehead atoms. The number of nitrogens with one attached hydrogen (secondary N) is 1. The first-order chi connectivity index (χ1) is 13.2. The second kappa shape index (κ2) is 7.21. The molecular formula is C21H16N4O2. The van der Waals surface area contributed by atoms with Crippen LogP contribution in [0.1, 0.15) is 15.9 Å². The molecule has 0 radical (unpaired) electrons. The maximum atomic E-state index is 12.7. The summed E-state index contributed by atoms with van der Waals surface area (Å²) < 4.78 is 5.42. The van der Waals surface area contributed by atoms with Crippen molar-refractivity contribution < 1.29 is 9.32 Å². The van der Waals surface area contributed by atoms with E-state index in [4.69, 9.17) is 4.52 Å². The summed E-state index contributed by atoms with van der Waals surface area (Å²) in [5.41, 5.74) is 3.54. The van der Waals surface area contributed by atoms with Crippen molar-refractivity contribution in [3.8, 4) is 22.8 Å². The number of carbonyl (C=O) groups is 1.